The normalized spacial score (nSPS) is 17.8. The summed E-state index contributed by atoms with van der Waals surface area (Å²) in [7, 11) is 0. The van der Waals surface area contributed by atoms with Crippen LogP contribution in [-0.4, -0.2) is 70.0 Å². The van der Waals surface area contributed by atoms with Gasteiger partial charge in [0.2, 0.25) is 0 Å². The summed E-state index contributed by atoms with van der Waals surface area (Å²) < 4.78 is 12.5. The van der Waals surface area contributed by atoms with E-state index in [2.05, 4.69) is 69.3 Å². The van der Waals surface area contributed by atoms with Crippen molar-refractivity contribution in [2.24, 2.45) is 0 Å². The number of aromatic nitrogens is 2. The van der Waals surface area contributed by atoms with Gasteiger partial charge in [-0.2, -0.15) is 0 Å². The van der Waals surface area contributed by atoms with E-state index < -0.39 is 6.10 Å². The Morgan fingerprint density at radius 1 is 1.11 bits per heavy atom. The highest BCUT2D eigenvalue weighted by Gasteiger charge is 2.27. The molecule has 1 fully saturated rings. The summed E-state index contributed by atoms with van der Waals surface area (Å²) in [5.41, 5.74) is 4.11. The molecule has 0 saturated carbocycles. The topological polar surface area (TPSA) is 74.9 Å². The van der Waals surface area contributed by atoms with E-state index in [0.29, 0.717) is 12.6 Å². The molecule has 0 amide bonds. The summed E-state index contributed by atoms with van der Waals surface area (Å²) in [6.07, 6.45) is 1.21. The molecule has 1 N–H and O–H groups in total. The fourth-order valence-corrected chi connectivity index (χ4v) is 6.18. The Bertz CT molecular complexity index is 1540. The monoisotopic (exact) mass is 528 g/mol. The number of ether oxygens (including phenoxy) is 1. The van der Waals surface area contributed by atoms with Crippen LogP contribution in [0.15, 0.2) is 71.4 Å². The third-order valence-electron chi connectivity index (χ3n) is 7.30. The molecule has 8 heteroatoms. The quantitative estimate of drug-likeness (QED) is 0.291. The lowest BCUT2D eigenvalue weighted by Gasteiger charge is -2.40. The van der Waals surface area contributed by atoms with E-state index in [9.17, 15) is 5.11 Å². The van der Waals surface area contributed by atoms with Gasteiger partial charge < -0.3 is 14.4 Å². The van der Waals surface area contributed by atoms with Crippen LogP contribution in [0.4, 0.5) is 0 Å². The van der Waals surface area contributed by atoms with Crippen molar-refractivity contribution in [3.8, 4) is 16.9 Å². The van der Waals surface area contributed by atoms with E-state index in [-0.39, 0.29) is 6.61 Å². The van der Waals surface area contributed by atoms with Crippen molar-refractivity contribution >= 4 is 32.3 Å². The van der Waals surface area contributed by atoms with Gasteiger partial charge in [-0.1, -0.05) is 47.6 Å². The number of aliphatic hydroxyl groups is 1. The summed E-state index contributed by atoms with van der Waals surface area (Å²) in [5.74, 6) is 0.745. The summed E-state index contributed by atoms with van der Waals surface area (Å²) in [4.78, 5) is 9.28. The van der Waals surface area contributed by atoms with Gasteiger partial charge in [0.1, 0.15) is 30.4 Å². The highest BCUT2D eigenvalue weighted by atomic mass is 32.1. The smallest absolute Gasteiger partial charge is 0.132 e. The average Bonchev–Trinajstić information content (AvgIpc) is 3.53. The molecule has 7 nitrogen and oxygen atoms in total. The van der Waals surface area contributed by atoms with Gasteiger partial charge in [0, 0.05) is 50.4 Å². The van der Waals surface area contributed by atoms with Crippen LogP contribution in [0.2, 0.25) is 0 Å². The third-order valence-corrected chi connectivity index (χ3v) is 8.26. The first kappa shape index (κ1) is 25.0. The predicted molar refractivity (Wildman–Crippen MR) is 152 cm³/mol. The van der Waals surface area contributed by atoms with Crippen LogP contribution >= 0.6 is 11.3 Å². The highest BCUT2D eigenvalue weighted by Crippen LogP contribution is 2.32. The first-order chi connectivity index (χ1) is 18.5. The molecule has 0 spiro atoms. The number of aliphatic hydroxyl groups excluding tert-OH is 1. The van der Waals surface area contributed by atoms with E-state index in [1.807, 2.05) is 25.1 Å². The molecule has 5 aromatic rings. The van der Waals surface area contributed by atoms with Gasteiger partial charge in [-0.3, -0.25) is 9.80 Å². The second-order valence-corrected chi connectivity index (χ2v) is 11.3. The molecule has 0 radical (unpaired) electrons. The number of benzene rings is 3. The van der Waals surface area contributed by atoms with E-state index in [1.54, 1.807) is 17.6 Å². The van der Waals surface area contributed by atoms with Gasteiger partial charge in [0.05, 0.1) is 15.2 Å². The molecule has 1 aliphatic heterocycles. The Balaban J connectivity index is 1.04. The van der Waals surface area contributed by atoms with E-state index >= 15 is 0 Å². The van der Waals surface area contributed by atoms with Crippen LogP contribution in [-0.2, 0) is 6.54 Å². The van der Waals surface area contributed by atoms with Crippen molar-refractivity contribution in [2.75, 3.05) is 32.8 Å². The number of rotatable bonds is 8. The molecule has 0 aliphatic carbocycles. The first-order valence-corrected chi connectivity index (χ1v) is 13.9. The zero-order valence-corrected chi connectivity index (χ0v) is 22.5. The van der Waals surface area contributed by atoms with Crippen LogP contribution in [0.25, 0.3) is 32.1 Å². The van der Waals surface area contributed by atoms with Crippen LogP contribution < -0.4 is 4.74 Å². The van der Waals surface area contributed by atoms with Crippen molar-refractivity contribution in [1.82, 2.24) is 19.9 Å². The largest absolute Gasteiger partial charge is 0.491 e. The van der Waals surface area contributed by atoms with Gasteiger partial charge >= 0.3 is 0 Å². The summed E-state index contributed by atoms with van der Waals surface area (Å²) >= 11 is 1.67. The minimum Gasteiger partial charge on any atom is -0.491 e. The molecule has 196 valence electrons. The van der Waals surface area contributed by atoms with E-state index in [1.165, 1.54) is 10.8 Å². The van der Waals surface area contributed by atoms with Crippen LogP contribution in [0.5, 0.6) is 5.75 Å². The maximum Gasteiger partial charge on any atom is 0.132 e. The molecular weight excluding hydrogens is 496 g/mol. The summed E-state index contributed by atoms with van der Waals surface area (Å²) in [6, 6.07) is 21.0. The molecule has 2 atom stereocenters. The molecular formula is C30H32N4O3S. The molecule has 3 heterocycles. The fourth-order valence-electron chi connectivity index (χ4n) is 5.37. The Hall–Kier alpha value is -3.30. The fraction of sp³-hybridized carbons (Fsp3) is 0.333. The molecule has 3 aromatic carbocycles. The Morgan fingerprint density at radius 3 is 2.87 bits per heavy atom. The van der Waals surface area contributed by atoms with Crippen molar-refractivity contribution in [2.45, 2.75) is 32.5 Å². The number of nitrogens with zero attached hydrogens (tertiary/aromatic N) is 4. The number of hydrogen-bond acceptors (Lipinski definition) is 8. The van der Waals surface area contributed by atoms with Crippen molar-refractivity contribution < 1.29 is 14.4 Å². The number of β-amino-alcohol motifs (C(OH)–C–C–N with tert-alkyl or cyclic N) is 1. The Labute approximate surface area is 226 Å². The predicted octanol–water partition coefficient (Wildman–Crippen LogP) is 5.36. The molecule has 1 aliphatic rings. The maximum atomic E-state index is 10.7. The summed E-state index contributed by atoms with van der Waals surface area (Å²) in [6.45, 7) is 8.47. The second-order valence-electron chi connectivity index (χ2n) is 10.1. The molecule has 2 aromatic heterocycles. The third kappa shape index (κ3) is 5.31. The molecule has 0 bridgehead atoms. The zero-order chi connectivity index (χ0) is 26.1. The lowest BCUT2D eigenvalue weighted by atomic mass is 9.98. The lowest BCUT2D eigenvalue weighted by molar-refractivity contribution is 0.0250. The number of hydrogen-bond donors (Lipinski definition) is 1. The van der Waals surface area contributed by atoms with Crippen LogP contribution in [0.3, 0.4) is 0 Å². The standard InChI is InChI=1S/C30H32N4O3S/c1-20-15-33(16-23(35)18-36-24-10-11-30-28(14-24)31-21(2)38-30)12-13-34(20)17-29-27(19-37-32-29)26-9-5-7-22-6-3-4-8-25(22)26/h3-11,14,19-20,23,35H,12-13,15-18H2,1-2H3/t20-,23+/m0/s1. The zero-order valence-electron chi connectivity index (χ0n) is 21.7. The summed E-state index contributed by atoms with van der Waals surface area (Å²) in [5, 5.41) is 18.5. The molecule has 1 saturated heterocycles. The second kappa shape index (κ2) is 10.8. The van der Waals surface area contributed by atoms with Crippen molar-refractivity contribution in [1.29, 1.82) is 0 Å². The van der Waals surface area contributed by atoms with Gasteiger partial charge in [0.15, 0.2) is 0 Å². The first-order valence-electron chi connectivity index (χ1n) is 13.1. The van der Waals surface area contributed by atoms with Gasteiger partial charge in [0.25, 0.3) is 0 Å². The van der Waals surface area contributed by atoms with E-state index in [4.69, 9.17) is 9.26 Å². The average molecular weight is 529 g/mol. The van der Waals surface area contributed by atoms with Crippen molar-refractivity contribution in [3.63, 3.8) is 0 Å². The van der Waals surface area contributed by atoms with Gasteiger partial charge in [-0.25, -0.2) is 4.98 Å². The molecule has 38 heavy (non-hydrogen) atoms. The van der Waals surface area contributed by atoms with Crippen molar-refractivity contribution in [3.05, 3.63) is 77.6 Å². The molecule has 6 rings (SSSR count). The minimum atomic E-state index is -0.560. The Morgan fingerprint density at radius 2 is 1.97 bits per heavy atom. The van der Waals surface area contributed by atoms with Crippen LogP contribution in [0, 0.1) is 6.92 Å². The molecule has 0 unspecified atom stereocenters. The van der Waals surface area contributed by atoms with Crippen LogP contribution in [0.1, 0.15) is 17.6 Å². The maximum absolute atomic E-state index is 10.7. The SMILES string of the molecule is Cc1nc2cc(OC[C@H](O)CN3CCN(Cc4nocc4-c4cccc5ccccc45)[C@@H](C)C3)ccc2s1. The lowest BCUT2D eigenvalue weighted by Crippen LogP contribution is -2.53. The van der Waals surface area contributed by atoms with E-state index in [0.717, 1.165) is 64.0 Å². The van der Waals surface area contributed by atoms with Gasteiger partial charge in [-0.05, 0) is 42.3 Å². The minimum absolute atomic E-state index is 0.260. The number of thiazole rings is 1. The van der Waals surface area contributed by atoms with Gasteiger partial charge in [-0.15, -0.1) is 11.3 Å². The number of fused-ring (bicyclic) bond motifs is 2. The number of aryl methyl sites for hydroxylation is 1. The Kier molecular flexibility index (Phi) is 7.12. The highest BCUT2D eigenvalue weighted by molar-refractivity contribution is 7.18. The number of piperazine rings is 1.